The van der Waals surface area contributed by atoms with Crippen molar-refractivity contribution < 1.29 is 4.79 Å². The van der Waals surface area contributed by atoms with E-state index in [9.17, 15) is 4.79 Å². The van der Waals surface area contributed by atoms with Gasteiger partial charge in [0.1, 0.15) is 0 Å². The molecule has 3 aromatic carbocycles. The minimum absolute atomic E-state index is 0.0385. The van der Waals surface area contributed by atoms with E-state index < -0.39 is 0 Å². The van der Waals surface area contributed by atoms with Gasteiger partial charge in [-0.15, -0.1) is 11.8 Å². The molecule has 0 spiro atoms. The smallest absolute Gasteiger partial charge is 0.251 e. The Morgan fingerprint density at radius 1 is 0.972 bits per heavy atom. The topological polar surface area (TPSA) is 38.8 Å². The highest BCUT2D eigenvalue weighted by Gasteiger charge is 2.16. The second-order valence-electron chi connectivity index (χ2n) is 9.26. The Labute approximate surface area is 219 Å². The summed E-state index contributed by atoms with van der Waals surface area (Å²) in [4.78, 5) is 20.7. The number of nitrogens with zero attached hydrogens (tertiary/aromatic N) is 3. The number of hydrogen-bond acceptors (Lipinski definition) is 5. The Morgan fingerprint density at radius 2 is 1.69 bits per heavy atom. The van der Waals surface area contributed by atoms with Crippen molar-refractivity contribution in [3.05, 3.63) is 95.6 Å². The van der Waals surface area contributed by atoms with Crippen LogP contribution in [-0.2, 0) is 6.54 Å². The van der Waals surface area contributed by atoms with E-state index in [-0.39, 0.29) is 5.91 Å². The predicted molar refractivity (Wildman–Crippen MR) is 154 cm³/mol. The van der Waals surface area contributed by atoms with E-state index in [1.165, 1.54) is 16.9 Å². The molecule has 0 bridgehead atoms. The highest BCUT2D eigenvalue weighted by Crippen LogP contribution is 2.19. The third-order valence-corrected chi connectivity index (χ3v) is 7.28. The molecule has 6 heteroatoms. The van der Waals surface area contributed by atoms with E-state index in [0.29, 0.717) is 12.1 Å². The van der Waals surface area contributed by atoms with Gasteiger partial charge in [0.05, 0.1) is 0 Å². The minimum atomic E-state index is -0.0385. The zero-order valence-electron chi connectivity index (χ0n) is 21.5. The van der Waals surface area contributed by atoms with Gasteiger partial charge < -0.3 is 15.1 Å². The summed E-state index contributed by atoms with van der Waals surface area (Å²) in [5.41, 5.74) is 5.49. The van der Waals surface area contributed by atoms with Gasteiger partial charge in [-0.25, -0.2) is 0 Å². The molecule has 1 aliphatic heterocycles. The van der Waals surface area contributed by atoms with Crippen molar-refractivity contribution in [2.45, 2.75) is 11.4 Å². The van der Waals surface area contributed by atoms with Crippen LogP contribution in [0.15, 0.2) is 83.8 Å². The number of thioether (sulfide) groups is 1. The zero-order valence-corrected chi connectivity index (χ0v) is 22.3. The van der Waals surface area contributed by atoms with Crippen LogP contribution < -0.4 is 15.1 Å². The SMILES string of the molecule is CSc1ccc(C(=O)NCc2cccc(N3CCN(C/C=C/c4ccc(N(C)C)cc4)CC3)c2)cc1. The number of nitrogens with one attached hydrogen (secondary N) is 1. The molecule has 1 heterocycles. The van der Waals surface area contributed by atoms with Crippen molar-refractivity contribution in [2.24, 2.45) is 0 Å². The Hall–Kier alpha value is -3.22. The molecule has 0 radical (unpaired) electrons. The molecule has 188 valence electrons. The van der Waals surface area contributed by atoms with Gasteiger partial charge in [0.15, 0.2) is 0 Å². The van der Waals surface area contributed by atoms with Gasteiger partial charge in [-0.3, -0.25) is 9.69 Å². The lowest BCUT2D eigenvalue weighted by atomic mass is 10.1. The highest BCUT2D eigenvalue weighted by molar-refractivity contribution is 7.98. The second kappa shape index (κ2) is 12.7. The van der Waals surface area contributed by atoms with Crippen molar-refractivity contribution in [2.75, 3.05) is 62.9 Å². The lowest BCUT2D eigenvalue weighted by Crippen LogP contribution is -2.46. The van der Waals surface area contributed by atoms with Crippen LogP contribution >= 0.6 is 11.8 Å². The van der Waals surface area contributed by atoms with E-state index in [1.54, 1.807) is 11.8 Å². The summed E-state index contributed by atoms with van der Waals surface area (Å²) >= 11 is 1.67. The first-order chi connectivity index (χ1) is 17.5. The third kappa shape index (κ3) is 7.15. The lowest BCUT2D eigenvalue weighted by molar-refractivity contribution is 0.0951. The van der Waals surface area contributed by atoms with Gasteiger partial charge in [-0.2, -0.15) is 0 Å². The second-order valence-corrected chi connectivity index (χ2v) is 10.1. The molecule has 5 nitrogen and oxygen atoms in total. The van der Waals surface area contributed by atoms with Crippen molar-refractivity contribution in [3.63, 3.8) is 0 Å². The van der Waals surface area contributed by atoms with Crippen LogP contribution in [0.5, 0.6) is 0 Å². The van der Waals surface area contributed by atoms with Gasteiger partial charge in [0, 0.05) is 75.2 Å². The third-order valence-electron chi connectivity index (χ3n) is 6.54. The average Bonchev–Trinajstić information content (AvgIpc) is 2.92. The Morgan fingerprint density at radius 3 is 2.36 bits per heavy atom. The number of carbonyl (C=O) groups excluding carboxylic acids is 1. The van der Waals surface area contributed by atoms with Crippen LogP contribution in [0.25, 0.3) is 6.08 Å². The fourth-order valence-electron chi connectivity index (χ4n) is 4.30. The Kier molecular flexibility index (Phi) is 9.09. The van der Waals surface area contributed by atoms with Gasteiger partial charge in [-0.05, 0) is 65.9 Å². The first-order valence-electron chi connectivity index (χ1n) is 12.4. The van der Waals surface area contributed by atoms with E-state index in [0.717, 1.165) is 43.2 Å². The quantitative estimate of drug-likeness (QED) is 0.407. The molecule has 36 heavy (non-hydrogen) atoms. The summed E-state index contributed by atoms with van der Waals surface area (Å²) in [6.07, 6.45) is 6.50. The van der Waals surface area contributed by atoms with Crippen LogP contribution in [0, 0.1) is 0 Å². The maximum atomic E-state index is 12.5. The lowest BCUT2D eigenvalue weighted by Gasteiger charge is -2.35. The number of piperazine rings is 1. The maximum Gasteiger partial charge on any atom is 0.251 e. The fourth-order valence-corrected chi connectivity index (χ4v) is 4.71. The van der Waals surface area contributed by atoms with Gasteiger partial charge >= 0.3 is 0 Å². The van der Waals surface area contributed by atoms with E-state index in [4.69, 9.17) is 0 Å². The van der Waals surface area contributed by atoms with Crippen LogP contribution in [0.2, 0.25) is 0 Å². The van der Waals surface area contributed by atoms with Gasteiger partial charge in [0.25, 0.3) is 5.91 Å². The summed E-state index contributed by atoms with van der Waals surface area (Å²) in [6.45, 7) is 5.57. The van der Waals surface area contributed by atoms with Crippen LogP contribution in [0.1, 0.15) is 21.5 Å². The van der Waals surface area contributed by atoms with E-state index in [1.807, 2.05) is 30.5 Å². The van der Waals surface area contributed by atoms with Crippen LogP contribution in [-0.4, -0.2) is 63.9 Å². The number of amides is 1. The van der Waals surface area contributed by atoms with E-state index >= 15 is 0 Å². The van der Waals surface area contributed by atoms with Gasteiger partial charge in [-0.1, -0.05) is 36.4 Å². The van der Waals surface area contributed by atoms with Crippen molar-refractivity contribution >= 4 is 35.1 Å². The monoisotopic (exact) mass is 500 g/mol. The fraction of sp³-hybridized carbons (Fsp3) is 0.300. The van der Waals surface area contributed by atoms with Crippen molar-refractivity contribution in [1.29, 1.82) is 0 Å². The molecule has 1 aliphatic rings. The molecule has 1 amide bonds. The van der Waals surface area contributed by atoms with Crippen LogP contribution in [0.3, 0.4) is 0 Å². The number of rotatable bonds is 9. The maximum absolute atomic E-state index is 12.5. The standard InChI is InChI=1S/C30H36N4OS/c1-32(2)27-13-9-24(10-14-27)7-5-17-33-18-20-34(21-19-33)28-8-4-6-25(22-28)23-31-30(35)26-11-15-29(36-3)16-12-26/h4-16,22H,17-21,23H2,1-3H3,(H,31,35)/b7-5+. The molecular weight excluding hydrogens is 464 g/mol. The van der Waals surface area contributed by atoms with Crippen molar-refractivity contribution in [3.8, 4) is 0 Å². The molecule has 1 saturated heterocycles. The molecule has 0 atom stereocenters. The minimum Gasteiger partial charge on any atom is -0.378 e. The Bertz CT molecular complexity index is 1150. The van der Waals surface area contributed by atoms with Gasteiger partial charge in [0.2, 0.25) is 0 Å². The predicted octanol–water partition coefficient (Wildman–Crippen LogP) is 5.24. The number of hydrogen-bond donors (Lipinski definition) is 1. The molecule has 0 aromatic heterocycles. The summed E-state index contributed by atoms with van der Waals surface area (Å²) in [7, 11) is 4.12. The highest BCUT2D eigenvalue weighted by atomic mass is 32.2. The summed E-state index contributed by atoms with van der Waals surface area (Å²) in [5.74, 6) is -0.0385. The normalized spacial score (nSPS) is 14.2. The molecule has 3 aromatic rings. The molecule has 0 unspecified atom stereocenters. The Balaban J connectivity index is 1.24. The number of benzene rings is 3. The molecule has 0 saturated carbocycles. The summed E-state index contributed by atoms with van der Waals surface area (Å²) < 4.78 is 0. The number of anilines is 2. The zero-order chi connectivity index (χ0) is 25.3. The first kappa shape index (κ1) is 25.9. The molecule has 1 fully saturated rings. The van der Waals surface area contributed by atoms with E-state index in [2.05, 4.69) is 94.8 Å². The summed E-state index contributed by atoms with van der Waals surface area (Å²) in [6, 6.07) is 24.9. The largest absolute Gasteiger partial charge is 0.378 e. The first-order valence-corrected chi connectivity index (χ1v) is 13.7. The average molecular weight is 501 g/mol. The molecule has 4 rings (SSSR count). The molecule has 1 N–H and O–H groups in total. The number of carbonyl (C=O) groups is 1. The molecular formula is C30H36N4OS. The molecule has 0 aliphatic carbocycles. The van der Waals surface area contributed by atoms with Crippen LogP contribution in [0.4, 0.5) is 11.4 Å². The summed E-state index contributed by atoms with van der Waals surface area (Å²) in [5, 5.41) is 3.05. The van der Waals surface area contributed by atoms with Crippen molar-refractivity contribution in [1.82, 2.24) is 10.2 Å².